The molecule has 3 aromatic rings. The topological polar surface area (TPSA) is 54.5 Å². The summed E-state index contributed by atoms with van der Waals surface area (Å²) in [6, 6.07) is 9.64. The van der Waals surface area contributed by atoms with Gasteiger partial charge in [0.05, 0.1) is 17.1 Å². The van der Waals surface area contributed by atoms with E-state index in [0.717, 1.165) is 21.2 Å². The molecule has 0 N–H and O–H groups in total. The summed E-state index contributed by atoms with van der Waals surface area (Å²) >= 11 is 9.41. The number of halogens is 2. The van der Waals surface area contributed by atoms with E-state index in [1.165, 1.54) is 0 Å². The maximum atomic E-state index is 9.37. The lowest BCUT2D eigenvalue weighted by atomic mass is 10.2. The highest BCUT2D eigenvalue weighted by Crippen LogP contribution is 2.26. The van der Waals surface area contributed by atoms with Crippen LogP contribution in [0, 0.1) is 18.3 Å². The van der Waals surface area contributed by atoms with Gasteiger partial charge in [-0.15, -0.1) is 11.6 Å². The van der Waals surface area contributed by atoms with Crippen LogP contribution in [0.15, 0.2) is 34.9 Å². The number of imidazole rings is 1. The first kappa shape index (κ1) is 14.1. The molecule has 2 aromatic heterocycles. The molecule has 2 heterocycles. The lowest BCUT2D eigenvalue weighted by Crippen LogP contribution is -2.02. The third-order valence-corrected chi connectivity index (χ3v) is 3.99. The van der Waals surface area contributed by atoms with Gasteiger partial charge in [-0.05, 0) is 36.8 Å². The van der Waals surface area contributed by atoms with E-state index in [4.69, 9.17) is 11.6 Å². The number of pyridine rings is 1. The average molecular weight is 362 g/mol. The fourth-order valence-electron chi connectivity index (χ4n) is 2.27. The van der Waals surface area contributed by atoms with E-state index in [-0.39, 0.29) is 5.88 Å². The van der Waals surface area contributed by atoms with Gasteiger partial charge in [0.15, 0.2) is 5.65 Å². The number of alkyl halides is 1. The van der Waals surface area contributed by atoms with Crippen LogP contribution in [-0.4, -0.2) is 14.5 Å². The van der Waals surface area contributed by atoms with Gasteiger partial charge in [-0.1, -0.05) is 15.9 Å². The summed E-state index contributed by atoms with van der Waals surface area (Å²) in [4.78, 5) is 8.96. The van der Waals surface area contributed by atoms with E-state index in [0.29, 0.717) is 17.0 Å². The van der Waals surface area contributed by atoms with Crippen LogP contribution < -0.4 is 0 Å². The molecule has 0 fully saturated rings. The van der Waals surface area contributed by atoms with Gasteiger partial charge in [0, 0.05) is 10.7 Å². The second-order valence-corrected chi connectivity index (χ2v) is 5.75. The largest absolute Gasteiger partial charge is 0.278 e. The van der Waals surface area contributed by atoms with Crippen molar-refractivity contribution < 1.29 is 0 Å². The molecule has 4 nitrogen and oxygen atoms in total. The smallest absolute Gasteiger partial charge is 0.165 e. The molecule has 0 aliphatic rings. The first-order valence-corrected chi connectivity index (χ1v) is 7.57. The van der Waals surface area contributed by atoms with E-state index < -0.39 is 0 Å². The quantitative estimate of drug-likeness (QED) is 0.646. The van der Waals surface area contributed by atoms with Crippen LogP contribution in [0.25, 0.3) is 16.9 Å². The molecule has 104 valence electrons. The first-order chi connectivity index (χ1) is 10.2. The molecule has 0 spiro atoms. The van der Waals surface area contributed by atoms with Crippen molar-refractivity contribution in [1.82, 2.24) is 14.5 Å². The van der Waals surface area contributed by atoms with Gasteiger partial charge in [-0.3, -0.25) is 4.57 Å². The zero-order chi connectivity index (χ0) is 15.0. The second kappa shape index (κ2) is 5.47. The Kier molecular flexibility index (Phi) is 3.66. The summed E-state index contributed by atoms with van der Waals surface area (Å²) < 4.78 is 2.70. The molecule has 3 rings (SSSR count). The van der Waals surface area contributed by atoms with Crippen LogP contribution in [0.4, 0.5) is 0 Å². The van der Waals surface area contributed by atoms with Crippen molar-refractivity contribution in [3.8, 4) is 11.8 Å². The third kappa shape index (κ3) is 2.31. The van der Waals surface area contributed by atoms with Crippen molar-refractivity contribution in [1.29, 1.82) is 5.26 Å². The number of benzene rings is 1. The summed E-state index contributed by atoms with van der Waals surface area (Å²) in [5.41, 5.74) is 3.82. The molecule has 0 saturated heterocycles. The molecule has 0 aliphatic heterocycles. The first-order valence-electron chi connectivity index (χ1n) is 6.24. The second-order valence-electron chi connectivity index (χ2n) is 4.57. The Morgan fingerprint density at radius 1 is 1.38 bits per heavy atom. The highest BCUT2D eigenvalue weighted by atomic mass is 79.9. The fraction of sp³-hybridized carbons (Fsp3) is 0.133. The Morgan fingerprint density at radius 3 is 2.90 bits per heavy atom. The zero-order valence-electron chi connectivity index (χ0n) is 11.1. The number of hydrogen-bond acceptors (Lipinski definition) is 3. The highest BCUT2D eigenvalue weighted by molar-refractivity contribution is 9.10. The van der Waals surface area contributed by atoms with Crippen molar-refractivity contribution in [3.05, 3.63) is 51.9 Å². The lowest BCUT2D eigenvalue weighted by molar-refractivity contribution is 0.965. The van der Waals surface area contributed by atoms with Gasteiger partial charge in [-0.2, -0.15) is 5.26 Å². The van der Waals surface area contributed by atoms with E-state index in [9.17, 15) is 5.26 Å². The minimum Gasteiger partial charge on any atom is -0.278 e. The molecular formula is C15H10BrClN4. The van der Waals surface area contributed by atoms with Gasteiger partial charge in [0.25, 0.3) is 0 Å². The Labute approximate surface area is 135 Å². The minimum absolute atomic E-state index is 0.247. The van der Waals surface area contributed by atoms with Crippen molar-refractivity contribution in [2.24, 2.45) is 0 Å². The molecule has 0 aliphatic carbocycles. The van der Waals surface area contributed by atoms with Crippen LogP contribution in [0.1, 0.15) is 17.0 Å². The molecule has 0 saturated carbocycles. The zero-order valence-corrected chi connectivity index (χ0v) is 13.5. The molecule has 6 heteroatoms. The van der Waals surface area contributed by atoms with Crippen LogP contribution in [0.3, 0.4) is 0 Å². The van der Waals surface area contributed by atoms with Gasteiger partial charge in [0.2, 0.25) is 0 Å². The van der Waals surface area contributed by atoms with Crippen molar-refractivity contribution in [2.45, 2.75) is 12.8 Å². The highest BCUT2D eigenvalue weighted by Gasteiger charge is 2.16. The molecule has 0 unspecified atom stereocenters. The molecule has 1 aromatic carbocycles. The number of rotatable bonds is 2. The van der Waals surface area contributed by atoms with Crippen LogP contribution in [0.2, 0.25) is 0 Å². The van der Waals surface area contributed by atoms with Crippen molar-refractivity contribution >= 4 is 38.7 Å². The number of aromatic nitrogens is 3. The maximum Gasteiger partial charge on any atom is 0.165 e. The summed E-state index contributed by atoms with van der Waals surface area (Å²) in [6.07, 6.45) is 1.73. The van der Waals surface area contributed by atoms with Gasteiger partial charge in [-0.25, -0.2) is 9.97 Å². The average Bonchev–Trinajstić information content (AvgIpc) is 2.87. The summed E-state index contributed by atoms with van der Waals surface area (Å²) in [6.45, 7) is 1.98. The van der Waals surface area contributed by atoms with Crippen LogP contribution in [-0.2, 0) is 5.88 Å². The Hall–Kier alpha value is -1.90. The number of nitrogens with zero attached hydrogens (tertiary/aromatic N) is 4. The van der Waals surface area contributed by atoms with Crippen LogP contribution >= 0.6 is 27.5 Å². The Bertz CT molecular complexity index is 879. The van der Waals surface area contributed by atoms with E-state index in [1.54, 1.807) is 12.3 Å². The third-order valence-electron chi connectivity index (χ3n) is 3.26. The Balaban J connectivity index is 2.40. The minimum atomic E-state index is 0.247. The molecular weight excluding hydrogens is 352 g/mol. The number of nitriles is 1. The van der Waals surface area contributed by atoms with Crippen molar-refractivity contribution in [3.63, 3.8) is 0 Å². The summed E-state index contributed by atoms with van der Waals surface area (Å²) in [5, 5.41) is 9.37. The van der Waals surface area contributed by atoms with Crippen LogP contribution in [0.5, 0.6) is 0 Å². The van der Waals surface area contributed by atoms with Gasteiger partial charge >= 0.3 is 0 Å². The standard InChI is InChI=1S/C15H10BrClN4/c1-9-4-5-19-15-14(9)20-13(7-17)21(15)12-3-2-11(16)6-10(12)8-18/h2-6H,7H2,1H3. The monoisotopic (exact) mass is 360 g/mol. The molecule has 0 radical (unpaired) electrons. The van der Waals surface area contributed by atoms with Gasteiger partial charge < -0.3 is 0 Å². The number of fused-ring (bicyclic) bond motifs is 1. The van der Waals surface area contributed by atoms with E-state index >= 15 is 0 Å². The summed E-state index contributed by atoms with van der Waals surface area (Å²) in [7, 11) is 0. The predicted molar refractivity (Wildman–Crippen MR) is 85.6 cm³/mol. The molecule has 0 amide bonds. The predicted octanol–water partition coefficient (Wildman–Crippen LogP) is 4.10. The van der Waals surface area contributed by atoms with Gasteiger partial charge in [0.1, 0.15) is 17.4 Å². The maximum absolute atomic E-state index is 9.37. The Morgan fingerprint density at radius 2 is 2.19 bits per heavy atom. The number of aryl methyl sites for hydroxylation is 1. The van der Waals surface area contributed by atoms with E-state index in [1.807, 2.05) is 29.7 Å². The molecule has 0 bridgehead atoms. The van der Waals surface area contributed by atoms with Crippen molar-refractivity contribution in [2.75, 3.05) is 0 Å². The summed E-state index contributed by atoms with van der Waals surface area (Å²) in [5.74, 6) is 0.920. The molecule has 0 atom stereocenters. The normalized spacial score (nSPS) is 10.8. The SMILES string of the molecule is Cc1ccnc2c1nc(CCl)n2-c1ccc(Br)cc1C#N. The fourth-order valence-corrected chi connectivity index (χ4v) is 2.82. The molecule has 21 heavy (non-hydrogen) atoms. The van der Waals surface area contributed by atoms with E-state index in [2.05, 4.69) is 32.0 Å². The lowest BCUT2D eigenvalue weighted by Gasteiger charge is -2.09. The number of hydrogen-bond donors (Lipinski definition) is 0.